The van der Waals surface area contributed by atoms with Crippen molar-refractivity contribution in [2.75, 3.05) is 6.61 Å². The molecule has 1 aromatic rings. The third-order valence-corrected chi connectivity index (χ3v) is 3.58. The van der Waals surface area contributed by atoms with Gasteiger partial charge in [0.15, 0.2) is 6.61 Å². The first kappa shape index (κ1) is 16.5. The summed E-state index contributed by atoms with van der Waals surface area (Å²) < 4.78 is 67.4. The maximum Gasteiger partial charge on any atom is 0.422 e. The monoisotopic (exact) mass is 373 g/mol. The van der Waals surface area contributed by atoms with E-state index < -0.39 is 18.7 Å². The molecule has 0 aromatic heterocycles. The van der Waals surface area contributed by atoms with Crippen molar-refractivity contribution in [1.29, 1.82) is 0 Å². The summed E-state index contributed by atoms with van der Waals surface area (Å²) in [6.45, 7) is -1.21. The number of alkyl halides is 5. The van der Waals surface area contributed by atoms with Crippen molar-refractivity contribution in [3.63, 3.8) is 0 Å². The number of hydrogen-bond acceptors (Lipinski definition) is 2. The second-order valence-electron chi connectivity index (χ2n) is 5.00. The normalized spacial score (nSPS) is 18.4. The van der Waals surface area contributed by atoms with Crippen LogP contribution >= 0.6 is 15.9 Å². The summed E-state index contributed by atoms with van der Waals surface area (Å²) in [6.07, 6.45) is -4.92. The van der Waals surface area contributed by atoms with Gasteiger partial charge in [0.1, 0.15) is 5.75 Å². The number of hydrogen-bond donors (Lipinski definition) is 1. The van der Waals surface area contributed by atoms with Crippen LogP contribution in [-0.4, -0.2) is 24.7 Å². The summed E-state index contributed by atoms with van der Waals surface area (Å²) in [5.41, 5.74) is 0.490. The van der Waals surface area contributed by atoms with E-state index in [0.29, 0.717) is 10.0 Å². The Labute approximate surface area is 126 Å². The molecule has 8 heteroatoms. The molecule has 0 heterocycles. The molecule has 2 nitrogen and oxygen atoms in total. The minimum Gasteiger partial charge on any atom is -0.484 e. The smallest absolute Gasteiger partial charge is 0.422 e. The summed E-state index contributed by atoms with van der Waals surface area (Å²) >= 11 is 3.22. The van der Waals surface area contributed by atoms with Gasteiger partial charge in [0.2, 0.25) is 0 Å². The van der Waals surface area contributed by atoms with Crippen molar-refractivity contribution in [3.05, 3.63) is 28.2 Å². The molecule has 0 atom stereocenters. The van der Waals surface area contributed by atoms with Crippen LogP contribution in [0.4, 0.5) is 22.0 Å². The standard InChI is InChI=1S/C13H13BrF5NO/c14-9-1-2-11(21-7-13(17,18)19)8(3-9)6-20-10-4-12(15,16)5-10/h1-3,10,20H,4-7H2. The van der Waals surface area contributed by atoms with Crippen LogP contribution in [0.1, 0.15) is 18.4 Å². The molecule has 0 aliphatic heterocycles. The van der Waals surface area contributed by atoms with Gasteiger partial charge in [-0.05, 0) is 18.2 Å². The van der Waals surface area contributed by atoms with Gasteiger partial charge >= 0.3 is 6.18 Å². The molecule has 2 rings (SSSR count). The Morgan fingerprint density at radius 2 is 1.95 bits per heavy atom. The molecule has 1 aromatic carbocycles. The molecule has 0 amide bonds. The number of nitrogens with one attached hydrogen (secondary N) is 1. The molecule has 1 N–H and O–H groups in total. The lowest BCUT2D eigenvalue weighted by Gasteiger charge is -2.35. The summed E-state index contributed by atoms with van der Waals surface area (Å²) in [5, 5.41) is 2.89. The Hall–Kier alpha value is -0.890. The molecule has 118 valence electrons. The quantitative estimate of drug-likeness (QED) is 0.777. The van der Waals surface area contributed by atoms with Crippen LogP contribution in [0.5, 0.6) is 5.75 Å². The first-order valence-corrected chi connectivity index (χ1v) is 7.03. The average molecular weight is 374 g/mol. The van der Waals surface area contributed by atoms with Gasteiger partial charge in [0.05, 0.1) is 0 Å². The Morgan fingerprint density at radius 3 is 2.52 bits per heavy atom. The van der Waals surface area contributed by atoms with Crippen LogP contribution in [0.3, 0.4) is 0 Å². The van der Waals surface area contributed by atoms with E-state index in [-0.39, 0.29) is 31.2 Å². The summed E-state index contributed by atoms with van der Waals surface area (Å²) in [5.74, 6) is -2.54. The Bertz CT molecular complexity index is 498. The second-order valence-corrected chi connectivity index (χ2v) is 5.91. The van der Waals surface area contributed by atoms with Crippen LogP contribution in [0.15, 0.2) is 22.7 Å². The first-order valence-electron chi connectivity index (χ1n) is 6.24. The zero-order valence-electron chi connectivity index (χ0n) is 10.8. The van der Waals surface area contributed by atoms with Gasteiger partial charge in [-0.25, -0.2) is 8.78 Å². The highest BCUT2D eigenvalue weighted by Crippen LogP contribution is 2.37. The highest BCUT2D eigenvalue weighted by Gasteiger charge is 2.44. The lowest BCUT2D eigenvalue weighted by molar-refractivity contribution is -0.153. The van der Waals surface area contributed by atoms with Crippen LogP contribution in [0.25, 0.3) is 0 Å². The fraction of sp³-hybridized carbons (Fsp3) is 0.538. The van der Waals surface area contributed by atoms with Crippen LogP contribution < -0.4 is 10.1 Å². The van der Waals surface area contributed by atoms with Crippen LogP contribution in [0.2, 0.25) is 0 Å². The molecule has 1 aliphatic rings. The third-order valence-electron chi connectivity index (χ3n) is 3.09. The van der Waals surface area contributed by atoms with Crippen molar-refractivity contribution >= 4 is 15.9 Å². The topological polar surface area (TPSA) is 21.3 Å². The maximum atomic E-state index is 12.7. The van der Waals surface area contributed by atoms with Gasteiger partial charge in [-0.15, -0.1) is 0 Å². The van der Waals surface area contributed by atoms with Crippen molar-refractivity contribution < 1.29 is 26.7 Å². The van der Waals surface area contributed by atoms with Gasteiger partial charge < -0.3 is 10.1 Å². The molecule has 21 heavy (non-hydrogen) atoms. The average Bonchev–Trinajstić information content (AvgIpc) is 2.31. The minimum atomic E-state index is -4.42. The first-order chi connectivity index (χ1) is 9.65. The van der Waals surface area contributed by atoms with Gasteiger partial charge in [-0.2, -0.15) is 13.2 Å². The number of rotatable bonds is 5. The molecule has 1 fully saturated rings. The number of benzene rings is 1. The van der Waals surface area contributed by atoms with Gasteiger partial charge in [-0.3, -0.25) is 0 Å². The molecule has 0 saturated heterocycles. The number of halogens is 6. The summed E-state index contributed by atoms with van der Waals surface area (Å²) in [7, 11) is 0. The fourth-order valence-electron chi connectivity index (χ4n) is 2.05. The molecule has 0 unspecified atom stereocenters. The van der Waals surface area contributed by atoms with Gasteiger partial charge in [0.25, 0.3) is 5.92 Å². The largest absolute Gasteiger partial charge is 0.484 e. The predicted molar refractivity (Wildman–Crippen MR) is 70.5 cm³/mol. The zero-order valence-corrected chi connectivity index (χ0v) is 12.4. The lowest BCUT2D eigenvalue weighted by Crippen LogP contribution is -2.48. The van der Waals surface area contributed by atoms with Crippen molar-refractivity contribution in [3.8, 4) is 5.75 Å². The van der Waals surface area contributed by atoms with Crippen molar-refractivity contribution in [1.82, 2.24) is 5.32 Å². The Morgan fingerprint density at radius 1 is 1.29 bits per heavy atom. The van der Waals surface area contributed by atoms with Crippen molar-refractivity contribution in [2.24, 2.45) is 0 Å². The molecular formula is C13H13BrF5NO. The van der Waals surface area contributed by atoms with Crippen molar-refractivity contribution in [2.45, 2.75) is 37.5 Å². The van der Waals surface area contributed by atoms with E-state index in [9.17, 15) is 22.0 Å². The minimum absolute atomic E-state index is 0.0918. The van der Waals surface area contributed by atoms with E-state index in [1.54, 1.807) is 12.1 Å². The molecular weight excluding hydrogens is 361 g/mol. The maximum absolute atomic E-state index is 12.7. The van der Waals surface area contributed by atoms with Crippen LogP contribution in [0, 0.1) is 0 Å². The highest BCUT2D eigenvalue weighted by molar-refractivity contribution is 9.10. The number of ether oxygens (including phenoxy) is 1. The highest BCUT2D eigenvalue weighted by atomic mass is 79.9. The summed E-state index contributed by atoms with van der Waals surface area (Å²) in [6, 6.07) is 4.26. The third kappa shape index (κ3) is 5.10. The molecule has 0 spiro atoms. The van der Waals surface area contributed by atoms with E-state index in [1.807, 2.05) is 0 Å². The molecule has 0 radical (unpaired) electrons. The van der Waals surface area contributed by atoms with E-state index in [0.717, 1.165) is 0 Å². The molecule has 0 bridgehead atoms. The lowest BCUT2D eigenvalue weighted by atomic mass is 9.88. The SMILES string of the molecule is FC(F)(F)COc1ccc(Br)cc1CNC1CC(F)(F)C1. The second kappa shape index (κ2) is 6.08. The van der Waals surface area contributed by atoms with Gasteiger partial charge in [-0.1, -0.05) is 15.9 Å². The fourth-order valence-corrected chi connectivity index (χ4v) is 2.45. The van der Waals surface area contributed by atoms with E-state index in [4.69, 9.17) is 4.74 Å². The van der Waals surface area contributed by atoms with E-state index >= 15 is 0 Å². The van der Waals surface area contributed by atoms with Gasteiger partial charge in [0, 0.05) is 35.5 Å². The Kier molecular flexibility index (Phi) is 4.77. The predicted octanol–water partition coefficient (Wildman–Crippen LogP) is 4.28. The van der Waals surface area contributed by atoms with Crippen LogP contribution in [-0.2, 0) is 6.54 Å². The Balaban J connectivity index is 1.95. The zero-order chi connectivity index (χ0) is 15.7. The molecule has 1 saturated carbocycles. The van der Waals surface area contributed by atoms with E-state index in [2.05, 4.69) is 21.2 Å². The molecule has 1 aliphatic carbocycles. The van der Waals surface area contributed by atoms with E-state index in [1.165, 1.54) is 6.07 Å². The summed E-state index contributed by atoms with van der Waals surface area (Å²) in [4.78, 5) is 0.